The van der Waals surface area contributed by atoms with Crippen LogP contribution >= 0.6 is 7.82 Å². The van der Waals surface area contributed by atoms with Crippen molar-refractivity contribution in [3.8, 4) is 0 Å². The summed E-state index contributed by atoms with van der Waals surface area (Å²) in [5.41, 5.74) is 0. The van der Waals surface area contributed by atoms with Crippen molar-refractivity contribution in [1.82, 2.24) is 0 Å². The van der Waals surface area contributed by atoms with E-state index in [1.807, 2.05) is 21.1 Å². The molecule has 0 aliphatic heterocycles. The fourth-order valence-electron chi connectivity index (χ4n) is 5.15. The van der Waals surface area contributed by atoms with Gasteiger partial charge in [-0.05, 0) is 83.5 Å². The van der Waals surface area contributed by atoms with E-state index in [9.17, 15) is 19.0 Å². The Bertz CT molecular complexity index is 1170. The standard InChI is InChI=1S/C45H78NO8P/c1-6-8-10-12-14-16-18-20-21-22-23-24-25-26-28-30-32-34-36-38-45(48)54-43(42-53-55(49,50)52-40-39-46(3,4)5)41-51-44(47)37-35-33-31-29-27-19-17-15-13-11-9-7-2/h8,10,14-17,20-21,23-24,26,28,43H,6-7,9,11-13,18-19,22,25,27,29-42H2,1-5H3/p+1/b10-8-,16-14-,17-15-,21-20-,24-23-,28-26-. The average Bonchev–Trinajstić information content (AvgIpc) is 3.13. The molecule has 0 aromatic carbocycles. The van der Waals surface area contributed by atoms with Crippen LogP contribution in [0.15, 0.2) is 72.9 Å². The number of rotatable bonds is 37. The summed E-state index contributed by atoms with van der Waals surface area (Å²) >= 11 is 0. The molecule has 0 saturated carbocycles. The Kier molecular flexibility index (Phi) is 35.3. The highest BCUT2D eigenvalue weighted by molar-refractivity contribution is 7.47. The molecule has 0 aliphatic rings. The molecule has 2 atom stereocenters. The summed E-state index contributed by atoms with van der Waals surface area (Å²) in [4.78, 5) is 35.3. The van der Waals surface area contributed by atoms with Gasteiger partial charge in [0.25, 0.3) is 0 Å². The number of carbonyl (C=O) groups excluding carboxylic acids is 2. The first-order valence-electron chi connectivity index (χ1n) is 21.2. The lowest BCUT2D eigenvalue weighted by Gasteiger charge is -2.24. The Morgan fingerprint density at radius 2 is 1.04 bits per heavy atom. The number of nitrogens with zero attached hydrogens (tertiary/aromatic N) is 1. The van der Waals surface area contributed by atoms with E-state index in [4.69, 9.17) is 18.5 Å². The van der Waals surface area contributed by atoms with Gasteiger partial charge in [-0.1, -0.05) is 125 Å². The molecule has 0 bridgehead atoms. The summed E-state index contributed by atoms with van der Waals surface area (Å²) in [5.74, 6) is -0.855. The molecule has 0 aromatic rings. The zero-order valence-electron chi connectivity index (χ0n) is 35.4. The van der Waals surface area contributed by atoms with Crippen molar-refractivity contribution in [2.45, 2.75) is 155 Å². The van der Waals surface area contributed by atoms with Crippen molar-refractivity contribution in [2.24, 2.45) is 0 Å². The molecule has 0 aromatic heterocycles. The molecule has 9 nitrogen and oxygen atoms in total. The van der Waals surface area contributed by atoms with Crippen molar-refractivity contribution in [3.63, 3.8) is 0 Å². The smallest absolute Gasteiger partial charge is 0.462 e. The van der Waals surface area contributed by atoms with E-state index in [1.54, 1.807) is 0 Å². The molecule has 55 heavy (non-hydrogen) atoms. The first-order chi connectivity index (χ1) is 26.5. The van der Waals surface area contributed by atoms with Crippen LogP contribution in [0, 0.1) is 0 Å². The average molecular weight is 793 g/mol. The van der Waals surface area contributed by atoms with Gasteiger partial charge in [0, 0.05) is 12.8 Å². The number of phosphoric ester groups is 1. The number of likely N-dealkylation sites (N-methyl/N-ethyl adjacent to an activating group) is 1. The number of ether oxygens (including phenoxy) is 2. The van der Waals surface area contributed by atoms with Gasteiger partial charge in [0.15, 0.2) is 6.10 Å². The number of allylic oxidation sites excluding steroid dienone is 12. The molecular weight excluding hydrogens is 713 g/mol. The monoisotopic (exact) mass is 793 g/mol. The number of esters is 2. The van der Waals surface area contributed by atoms with Crippen LogP contribution in [0.5, 0.6) is 0 Å². The molecule has 0 spiro atoms. The zero-order chi connectivity index (χ0) is 40.7. The van der Waals surface area contributed by atoms with Gasteiger partial charge in [0.2, 0.25) is 0 Å². The number of hydrogen-bond acceptors (Lipinski definition) is 7. The minimum Gasteiger partial charge on any atom is -0.462 e. The van der Waals surface area contributed by atoms with E-state index in [0.29, 0.717) is 17.4 Å². The van der Waals surface area contributed by atoms with Crippen LogP contribution in [-0.2, 0) is 32.7 Å². The lowest BCUT2D eigenvalue weighted by atomic mass is 10.1. The predicted octanol–water partition coefficient (Wildman–Crippen LogP) is 11.9. The predicted molar refractivity (Wildman–Crippen MR) is 229 cm³/mol. The van der Waals surface area contributed by atoms with E-state index in [2.05, 4.69) is 86.8 Å². The normalized spacial score (nSPS) is 14.4. The van der Waals surface area contributed by atoms with Gasteiger partial charge < -0.3 is 18.9 Å². The van der Waals surface area contributed by atoms with E-state index in [1.165, 1.54) is 25.7 Å². The Morgan fingerprint density at radius 3 is 1.58 bits per heavy atom. The molecule has 0 rings (SSSR count). The number of carbonyl (C=O) groups is 2. The Labute approximate surface area is 336 Å². The summed E-state index contributed by atoms with van der Waals surface area (Å²) < 4.78 is 34.2. The van der Waals surface area contributed by atoms with Gasteiger partial charge in [0.1, 0.15) is 19.8 Å². The largest absolute Gasteiger partial charge is 0.472 e. The molecule has 316 valence electrons. The number of phosphoric acid groups is 1. The topological polar surface area (TPSA) is 108 Å². The van der Waals surface area contributed by atoms with Crippen molar-refractivity contribution in [1.29, 1.82) is 0 Å². The maximum absolute atomic E-state index is 12.7. The maximum Gasteiger partial charge on any atom is 0.472 e. The summed E-state index contributed by atoms with van der Waals surface area (Å²) in [6.07, 6.45) is 45.2. The molecule has 2 unspecified atom stereocenters. The van der Waals surface area contributed by atoms with Gasteiger partial charge in [-0.2, -0.15) is 0 Å². The van der Waals surface area contributed by atoms with E-state index >= 15 is 0 Å². The first-order valence-corrected chi connectivity index (χ1v) is 22.7. The SMILES string of the molecule is CC/C=C\C/C=C\C/C=C\C/C=C\C/C=C\CCCCCC(=O)OC(COC(=O)CCCCCCC/C=C\CCCCC)COP(=O)(O)OCC[N+](C)(C)C. The second kappa shape index (κ2) is 37.1. The molecule has 0 amide bonds. The first kappa shape index (κ1) is 52.5. The maximum atomic E-state index is 12.7. The number of quaternary nitrogens is 1. The molecule has 0 fully saturated rings. The van der Waals surface area contributed by atoms with Gasteiger partial charge in [-0.3, -0.25) is 18.6 Å². The summed E-state index contributed by atoms with van der Waals surface area (Å²) in [5, 5.41) is 0. The highest BCUT2D eigenvalue weighted by Gasteiger charge is 2.27. The lowest BCUT2D eigenvalue weighted by Crippen LogP contribution is -2.37. The fraction of sp³-hybridized carbons (Fsp3) is 0.689. The molecule has 1 N–H and O–H groups in total. The van der Waals surface area contributed by atoms with Crippen LogP contribution in [0.3, 0.4) is 0 Å². The Balaban J connectivity index is 4.47. The second-order valence-corrected chi connectivity index (χ2v) is 16.4. The quantitative estimate of drug-likeness (QED) is 0.0218. The van der Waals surface area contributed by atoms with Gasteiger partial charge >= 0.3 is 19.8 Å². The molecule has 0 heterocycles. The highest BCUT2D eigenvalue weighted by atomic mass is 31.2. The van der Waals surface area contributed by atoms with Crippen molar-refractivity contribution < 1.29 is 42.1 Å². The second-order valence-electron chi connectivity index (χ2n) is 15.0. The zero-order valence-corrected chi connectivity index (χ0v) is 36.3. The third-order valence-corrected chi connectivity index (χ3v) is 9.45. The molecule has 0 radical (unpaired) electrons. The summed E-state index contributed by atoms with van der Waals surface area (Å²) in [6.45, 7) is 4.21. The van der Waals surface area contributed by atoms with Gasteiger partial charge in [-0.25, -0.2) is 4.57 Å². The number of hydrogen-bond donors (Lipinski definition) is 1. The molecule has 0 aliphatic carbocycles. The summed E-state index contributed by atoms with van der Waals surface area (Å²) in [6, 6.07) is 0. The third kappa shape index (κ3) is 40.9. The van der Waals surface area contributed by atoms with Gasteiger partial charge in [0.05, 0.1) is 27.7 Å². The molecule has 0 saturated heterocycles. The Hall–Kier alpha value is -2.55. The van der Waals surface area contributed by atoms with Crippen LogP contribution in [-0.4, -0.2) is 74.9 Å². The highest BCUT2D eigenvalue weighted by Crippen LogP contribution is 2.43. The van der Waals surface area contributed by atoms with E-state index in [0.717, 1.165) is 89.9 Å². The van der Waals surface area contributed by atoms with E-state index in [-0.39, 0.29) is 26.1 Å². The molecule has 10 heteroatoms. The van der Waals surface area contributed by atoms with Crippen molar-refractivity contribution >= 4 is 19.8 Å². The van der Waals surface area contributed by atoms with Gasteiger partial charge in [-0.15, -0.1) is 0 Å². The Morgan fingerprint density at radius 1 is 0.582 bits per heavy atom. The fourth-order valence-corrected chi connectivity index (χ4v) is 5.89. The lowest BCUT2D eigenvalue weighted by molar-refractivity contribution is -0.870. The van der Waals surface area contributed by atoms with Crippen LogP contribution in [0.1, 0.15) is 149 Å². The minimum atomic E-state index is -4.39. The van der Waals surface area contributed by atoms with Crippen LogP contribution < -0.4 is 0 Å². The summed E-state index contributed by atoms with van der Waals surface area (Å²) in [7, 11) is 1.43. The van der Waals surface area contributed by atoms with Crippen molar-refractivity contribution in [3.05, 3.63) is 72.9 Å². The number of unbranched alkanes of at least 4 members (excludes halogenated alkanes) is 11. The van der Waals surface area contributed by atoms with Crippen LogP contribution in [0.4, 0.5) is 0 Å². The minimum absolute atomic E-state index is 0.0199. The molecular formula is C45H79NO8P+. The van der Waals surface area contributed by atoms with E-state index < -0.39 is 32.5 Å². The van der Waals surface area contributed by atoms with Crippen LogP contribution in [0.25, 0.3) is 0 Å². The van der Waals surface area contributed by atoms with Crippen LogP contribution in [0.2, 0.25) is 0 Å². The van der Waals surface area contributed by atoms with Crippen molar-refractivity contribution in [2.75, 3.05) is 47.5 Å². The third-order valence-electron chi connectivity index (χ3n) is 8.47.